The first kappa shape index (κ1) is 18.1. The number of likely N-dealkylation sites (tertiary alicyclic amines) is 1. The van der Waals surface area contributed by atoms with Crippen LogP contribution in [0, 0.1) is 5.82 Å². The highest BCUT2D eigenvalue weighted by Gasteiger charge is 2.44. The van der Waals surface area contributed by atoms with Crippen molar-refractivity contribution in [2.24, 2.45) is 0 Å². The van der Waals surface area contributed by atoms with E-state index in [0.29, 0.717) is 25.4 Å². The van der Waals surface area contributed by atoms with Gasteiger partial charge in [-0.2, -0.15) is 0 Å². The molecule has 7 nitrogen and oxygen atoms in total. The molecule has 5 rings (SSSR count). The first-order chi connectivity index (χ1) is 14.1. The number of amides is 1. The molecular formula is C21H22FN5O2. The van der Waals surface area contributed by atoms with Gasteiger partial charge in [0.1, 0.15) is 11.6 Å². The van der Waals surface area contributed by atoms with Gasteiger partial charge in [0, 0.05) is 25.2 Å². The Morgan fingerprint density at radius 2 is 1.90 bits per heavy atom. The van der Waals surface area contributed by atoms with Crippen LogP contribution in [0.4, 0.5) is 4.39 Å². The Balaban J connectivity index is 1.47. The summed E-state index contributed by atoms with van der Waals surface area (Å²) in [7, 11) is 2.08. The topological polar surface area (TPSA) is 67.4 Å². The van der Waals surface area contributed by atoms with Crippen molar-refractivity contribution >= 4 is 5.91 Å². The van der Waals surface area contributed by atoms with Crippen LogP contribution in [-0.2, 0) is 12.1 Å². The van der Waals surface area contributed by atoms with Gasteiger partial charge in [0.2, 0.25) is 0 Å². The Morgan fingerprint density at radius 3 is 2.59 bits per heavy atom. The number of hydrogen-bond acceptors (Lipinski definition) is 5. The van der Waals surface area contributed by atoms with Gasteiger partial charge in [0.05, 0.1) is 18.3 Å². The van der Waals surface area contributed by atoms with E-state index in [1.165, 1.54) is 18.4 Å². The zero-order chi connectivity index (χ0) is 20.0. The van der Waals surface area contributed by atoms with E-state index in [-0.39, 0.29) is 17.3 Å². The highest BCUT2D eigenvalue weighted by atomic mass is 19.1. The SMILES string of the molecule is CN1Cc2nnc(-c3ccc(F)cc3)n2C2(CCN(C(=O)c3ccco3)CC2)C1. The summed E-state index contributed by atoms with van der Waals surface area (Å²) in [5.74, 6) is 1.70. The molecule has 2 aliphatic heterocycles. The third-order valence-corrected chi connectivity index (χ3v) is 6.00. The van der Waals surface area contributed by atoms with Gasteiger partial charge in [-0.05, 0) is 56.3 Å². The molecule has 2 aromatic heterocycles. The van der Waals surface area contributed by atoms with Crippen molar-refractivity contribution in [2.75, 3.05) is 26.7 Å². The molecule has 2 aliphatic rings. The van der Waals surface area contributed by atoms with Crippen molar-refractivity contribution < 1.29 is 13.6 Å². The molecule has 1 amide bonds. The summed E-state index contributed by atoms with van der Waals surface area (Å²) in [5.41, 5.74) is 0.651. The number of hydrogen-bond donors (Lipinski definition) is 0. The first-order valence-corrected chi connectivity index (χ1v) is 9.78. The van der Waals surface area contributed by atoms with Crippen LogP contribution in [0.25, 0.3) is 11.4 Å². The molecule has 0 bridgehead atoms. The lowest BCUT2D eigenvalue weighted by Crippen LogP contribution is -2.56. The van der Waals surface area contributed by atoms with Crippen molar-refractivity contribution in [3.05, 3.63) is 60.1 Å². The van der Waals surface area contributed by atoms with Gasteiger partial charge >= 0.3 is 0 Å². The highest BCUT2D eigenvalue weighted by molar-refractivity contribution is 5.91. The minimum atomic E-state index is -0.272. The molecule has 3 aromatic rings. The van der Waals surface area contributed by atoms with Crippen molar-refractivity contribution in [3.8, 4) is 11.4 Å². The summed E-state index contributed by atoms with van der Waals surface area (Å²) in [4.78, 5) is 16.8. The lowest BCUT2D eigenvalue weighted by atomic mass is 9.84. The standard InChI is InChI=1S/C21H22FN5O2/c1-25-13-18-23-24-19(15-4-6-16(22)7-5-15)27(18)21(14-25)8-10-26(11-9-21)20(28)17-3-2-12-29-17/h2-7,12H,8-11,13-14H2,1H3. The van der Waals surface area contributed by atoms with Gasteiger partial charge in [-0.3, -0.25) is 9.69 Å². The predicted molar refractivity (Wildman–Crippen MR) is 104 cm³/mol. The second-order valence-electron chi connectivity index (χ2n) is 7.95. The zero-order valence-electron chi connectivity index (χ0n) is 16.2. The smallest absolute Gasteiger partial charge is 0.289 e. The van der Waals surface area contributed by atoms with E-state index < -0.39 is 0 Å². The maximum absolute atomic E-state index is 13.4. The van der Waals surface area contributed by atoms with Gasteiger partial charge in [-0.1, -0.05) is 0 Å². The fraction of sp³-hybridized carbons (Fsp3) is 0.381. The van der Waals surface area contributed by atoms with Gasteiger partial charge in [0.15, 0.2) is 11.6 Å². The van der Waals surface area contributed by atoms with Crippen molar-refractivity contribution in [2.45, 2.75) is 24.9 Å². The summed E-state index contributed by atoms with van der Waals surface area (Å²) in [6, 6.07) is 9.81. The van der Waals surface area contributed by atoms with Crippen LogP contribution in [0.3, 0.4) is 0 Å². The molecule has 1 fully saturated rings. The lowest BCUT2D eigenvalue weighted by Gasteiger charge is -2.48. The molecule has 150 valence electrons. The summed E-state index contributed by atoms with van der Waals surface area (Å²) < 4.78 is 20.9. The summed E-state index contributed by atoms with van der Waals surface area (Å²) in [6.07, 6.45) is 3.11. The normalized spacial score (nSPS) is 18.8. The van der Waals surface area contributed by atoms with Gasteiger partial charge in [0.25, 0.3) is 5.91 Å². The fourth-order valence-electron chi connectivity index (χ4n) is 4.64. The number of rotatable bonds is 2. The van der Waals surface area contributed by atoms with Crippen LogP contribution in [0.5, 0.6) is 0 Å². The fourth-order valence-corrected chi connectivity index (χ4v) is 4.64. The average Bonchev–Trinajstić information content (AvgIpc) is 3.39. The Labute approximate surface area is 167 Å². The molecule has 0 unspecified atom stereocenters. The number of halogens is 1. The van der Waals surface area contributed by atoms with Crippen LogP contribution >= 0.6 is 0 Å². The second-order valence-corrected chi connectivity index (χ2v) is 7.95. The molecule has 1 spiro atoms. The van der Waals surface area contributed by atoms with E-state index in [9.17, 15) is 9.18 Å². The van der Waals surface area contributed by atoms with Gasteiger partial charge in [-0.15, -0.1) is 10.2 Å². The Kier molecular flexibility index (Phi) is 4.24. The molecule has 0 atom stereocenters. The number of nitrogens with zero attached hydrogens (tertiary/aromatic N) is 5. The molecule has 0 aliphatic carbocycles. The summed E-state index contributed by atoms with van der Waals surface area (Å²) >= 11 is 0. The van der Waals surface area contributed by atoms with Crippen LogP contribution < -0.4 is 0 Å². The molecule has 0 radical (unpaired) electrons. The Hall–Kier alpha value is -3.00. The van der Waals surface area contributed by atoms with E-state index in [4.69, 9.17) is 4.42 Å². The van der Waals surface area contributed by atoms with E-state index in [1.54, 1.807) is 24.3 Å². The number of piperidine rings is 1. The van der Waals surface area contributed by atoms with Gasteiger partial charge < -0.3 is 13.9 Å². The Morgan fingerprint density at radius 1 is 1.14 bits per heavy atom. The van der Waals surface area contributed by atoms with E-state index in [0.717, 1.165) is 36.6 Å². The third-order valence-electron chi connectivity index (χ3n) is 6.00. The monoisotopic (exact) mass is 395 g/mol. The number of furan rings is 1. The molecule has 0 saturated carbocycles. The molecule has 4 heterocycles. The lowest BCUT2D eigenvalue weighted by molar-refractivity contribution is 0.0389. The summed E-state index contributed by atoms with van der Waals surface area (Å²) in [5, 5.41) is 8.88. The quantitative estimate of drug-likeness (QED) is 0.668. The Bertz CT molecular complexity index is 1020. The average molecular weight is 395 g/mol. The van der Waals surface area contributed by atoms with Crippen molar-refractivity contribution in [3.63, 3.8) is 0 Å². The number of fused-ring (bicyclic) bond motifs is 2. The third kappa shape index (κ3) is 3.04. The number of carbonyl (C=O) groups is 1. The molecule has 1 aromatic carbocycles. The summed E-state index contributed by atoms with van der Waals surface area (Å²) in [6.45, 7) is 2.84. The van der Waals surface area contributed by atoms with Crippen LogP contribution in [0.15, 0.2) is 47.1 Å². The minimum absolute atomic E-state index is 0.0725. The van der Waals surface area contributed by atoms with Gasteiger partial charge in [-0.25, -0.2) is 4.39 Å². The van der Waals surface area contributed by atoms with Crippen LogP contribution in [-0.4, -0.2) is 57.2 Å². The van der Waals surface area contributed by atoms with Crippen molar-refractivity contribution in [1.29, 1.82) is 0 Å². The predicted octanol–water partition coefficient (Wildman–Crippen LogP) is 2.75. The highest BCUT2D eigenvalue weighted by Crippen LogP contribution is 2.39. The second kappa shape index (κ2) is 6.81. The van der Waals surface area contributed by atoms with Crippen molar-refractivity contribution in [1.82, 2.24) is 24.6 Å². The molecular weight excluding hydrogens is 373 g/mol. The van der Waals surface area contributed by atoms with E-state index >= 15 is 0 Å². The maximum atomic E-state index is 13.4. The minimum Gasteiger partial charge on any atom is -0.459 e. The van der Waals surface area contributed by atoms with Crippen LogP contribution in [0.1, 0.15) is 29.2 Å². The largest absolute Gasteiger partial charge is 0.459 e. The zero-order valence-corrected chi connectivity index (χ0v) is 16.2. The molecule has 0 N–H and O–H groups in total. The number of carbonyl (C=O) groups excluding carboxylic acids is 1. The first-order valence-electron chi connectivity index (χ1n) is 9.78. The number of aromatic nitrogens is 3. The maximum Gasteiger partial charge on any atom is 0.289 e. The van der Waals surface area contributed by atoms with E-state index in [1.807, 2.05) is 4.90 Å². The molecule has 1 saturated heterocycles. The molecule has 29 heavy (non-hydrogen) atoms. The molecule has 8 heteroatoms. The van der Waals surface area contributed by atoms with Crippen LogP contribution in [0.2, 0.25) is 0 Å². The van der Waals surface area contributed by atoms with E-state index in [2.05, 4.69) is 26.7 Å². The number of benzene rings is 1. The number of likely N-dealkylation sites (N-methyl/N-ethyl adjacent to an activating group) is 1.